The van der Waals surface area contributed by atoms with Gasteiger partial charge in [-0.25, -0.2) is 31.3 Å². The lowest BCUT2D eigenvalue weighted by Gasteiger charge is -2.39. The average molecular weight is 682 g/mol. The summed E-state index contributed by atoms with van der Waals surface area (Å²) in [7, 11) is -1.96. The summed E-state index contributed by atoms with van der Waals surface area (Å²) in [5.41, 5.74) is -0.733. The summed E-state index contributed by atoms with van der Waals surface area (Å²) in [6.45, 7) is 12.7. The number of anilines is 2. The maximum atomic E-state index is 16.2. The van der Waals surface area contributed by atoms with Crippen LogP contribution < -0.4 is 19.1 Å². The van der Waals surface area contributed by atoms with Crippen molar-refractivity contribution in [3.63, 3.8) is 0 Å². The molecular formula is C31H41F2N5O6S2. The summed E-state index contributed by atoms with van der Waals surface area (Å²) >= 11 is 0.762. The van der Waals surface area contributed by atoms with Crippen molar-refractivity contribution in [1.82, 2.24) is 14.3 Å². The van der Waals surface area contributed by atoms with Crippen molar-refractivity contribution in [2.24, 2.45) is 5.41 Å². The van der Waals surface area contributed by atoms with Gasteiger partial charge in [-0.3, -0.25) is 0 Å². The molecule has 0 saturated carbocycles. The molecule has 4 rings (SSSR count). The predicted octanol–water partition coefficient (Wildman–Crippen LogP) is 6.37. The fraction of sp³-hybridized carbons (Fsp3) is 0.516. The number of aromatic nitrogens is 2. The molecule has 0 bridgehead atoms. The monoisotopic (exact) mass is 681 g/mol. The molecule has 0 radical (unpaired) electrons. The third-order valence-electron chi connectivity index (χ3n) is 7.59. The molecule has 0 spiro atoms. The Morgan fingerprint density at radius 3 is 2.39 bits per heavy atom. The molecule has 15 heteroatoms. The summed E-state index contributed by atoms with van der Waals surface area (Å²) in [5, 5.41) is 3.12. The van der Waals surface area contributed by atoms with E-state index in [2.05, 4.69) is 14.7 Å². The first-order valence-electron chi connectivity index (χ1n) is 14.6. The third-order valence-corrected chi connectivity index (χ3v) is 10.2. The molecule has 1 fully saturated rings. The van der Waals surface area contributed by atoms with Crippen molar-refractivity contribution in [1.29, 1.82) is 0 Å². The number of methoxy groups -OCH3 is 2. The minimum atomic E-state index is -4.85. The Hall–Kier alpha value is -3.72. The van der Waals surface area contributed by atoms with E-state index in [4.69, 9.17) is 14.2 Å². The van der Waals surface area contributed by atoms with E-state index < -0.39 is 49.7 Å². The molecule has 1 aliphatic rings. The Labute approximate surface area is 273 Å². The van der Waals surface area contributed by atoms with Gasteiger partial charge in [0, 0.05) is 47.0 Å². The molecule has 1 amide bonds. The Balaban J connectivity index is 1.71. The maximum absolute atomic E-state index is 16.2. The Kier molecular flexibility index (Phi) is 10.1. The van der Waals surface area contributed by atoms with Crippen molar-refractivity contribution in [2.45, 2.75) is 84.0 Å². The van der Waals surface area contributed by atoms with Gasteiger partial charge in [-0.2, -0.15) is 4.37 Å². The number of likely N-dealkylation sites (tertiary alicyclic amines) is 1. The van der Waals surface area contributed by atoms with Crippen molar-refractivity contribution >= 4 is 38.5 Å². The second-order valence-corrected chi connectivity index (χ2v) is 15.7. The molecule has 46 heavy (non-hydrogen) atoms. The average Bonchev–Trinajstić information content (AvgIpc) is 3.64. The molecule has 2 unspecified atom stereocenters. The Morgan fingerprint density at radius 2 is 1.83 bits per heavy atom. The molecule has 1 aromatic heterocycles. The van der Waals surface area contributed by atoms with Gasteiger partial charge >= 0.3 is 6.09 Å². The van der Waals surface area contributed by atoms with Crippen molar-refractivity contribution in [3.8, 4) is 11.5 Å². The lowest BCUT2D eigenvalue weighted by molar-refractivity contribution is 0.0114. The van der Waals surface area contributed by atoms with Gasteiger partial charge in [0.25, 0.3) is 10.0 Å². The van der Waals surface area contributed by atoms with Crippen molar-refractivity contribution in [2.75, 3.05) is 30.4 Å². The fourth-order valence-electron chi connectivity index (χ4n) is 5.60. The van der Waals surface area contributed by atoms with Gasteiger partial charge in [0.05, 0.1) is 26.8 Å². The van der Waals surface area contributed by atoms with E-state index in [1.54, 1.807) is 43.9 Å². The van der Waals surface area contributed by atoms with Crippen LogP contribution in [0.25, 0.3) is 0 Å². The first-order valence-corrected chi connectivity index (χ1v) is 16.9. The van der Waals surface area contributed by atoms with Crippen LogP contribution in [0.2, 0.25) is 0 Å². The molecule has 1 saturated heterocycles. The van der Waals surface area contributed by atoms with E-state index >= 15 is 8.78 Å². The molecule has 2 atom stereocenters. The number of benzene rings is 2. The van der Waals surface area contributed by atoms with E-state index in [0.717, 1.165) is 28.2 Å². The maximum Gasteiger partial charge on any atom is 0.410 e. The van der Waals surface area contributed by atoms with E-state index in [1.165, 1.54) is 21.1 Å². The molecule has 252 valence electrons. The number of ether oxygens (including phenoxy) is 3. The summed E-state index contributed by atoms with van der Waals surface area (Å²) in [6, 6.07) is 4.99. The third kappa shape index (κ3) is 7.30. The van der Waals surface area contributed by atoms with E-state index in [1.807, 2.05) is 20.8 Å². The van der Waals surface area contributed by atoms with Gasteiger partial charge in [0.15, 0.2) is 10.7 Å². The van der Waals surface area contributed by atoms with Crippen molar-refractivity contribution in [3.05, 3.63) is 53.4 Å². The van der Waals surface area contributed by atoms with Gasteiger partial charge in [0.2, 0.25) is 5.13 Å². The Bertz CT molecular complexity index is 1670. The van der Waals surface area contributed by atoms with Gasteiger partial charge in [-0.1, -0.05) is 20.8 Å². The van der Waals surface area contributed by atoms with Crippen LogP contribution in [0.4, 0.5) is 24.4 Å². The predicted molar refractivity (Wildman–Crippen MR) is 172 cm³/mol. The quantitative estimate of drug-likeness (QED) is 0.274. The zero-order valence-electron chi connectivity index (χ0n) is 27.5. The number of hydrogen-bond acceptors (Lipinski definition) is 10. The van der Waals surface area contributed by atoms with Crippen LogP contribution in [0, 0.1) is 24.0 Å². The topological polar surface area (TPSA) is 123 Å². The largest absolute Gasteiger partial charge is 0.497 e. The van der Waals surface area contributed by atoms with Gasteiger partial charge in [-0.15, -0.1) is 0 Å². The number of rotatable bonds is 9. The van der Waals surface area contributed by atoms with E-state index in [0.29, 0.717) is 30.0 Å². The van der Waals surface area contributed by atoms with Gasteiger partial charge < -0.3 is 24.4 Å². The number of halogens is 2. The van der Waals surface area contributed by atoms with E-state index in [-0.39, 0.29) is 29.0 Å². The van der Waals surface area contributed by atoms with Crippen LogP contribution >= 0.6 is 11.5 Å². The zero-order valence-corrected chi connectivity index (χ0v) is 29.1. The molecule has 2 aromatic carbocycles. The SMILES string of the molecule is COc1ccc(CN(c2ncns2)S(=O)(=O)c2c(F)cc(NC3CCN(C(=O)OC(C)(C)C)C3C(C)(C)C)c(C)c2F)c(OC)c1. The zero-order chi connectivity index (χ0) is 34.2. The van der Waals surface area contributed by atoms with Crippen LogP contribution in [0.5, 0.6) is 11.5 Å². The fourth-order valence-corrected chi connectivity index (χ4v) is 7.90. The first-order chi connectivity index (χ1) is 21.4. The Morgan fingerprint density at radius 1 is 1.13 bits per heavy atom. The van der Waals surface area contributed by atoms with Crippen molar-refractivity contribution < 1.29 is 36.2 Å². The minimum absolute atomic E-state index is 0.0820. The molecule has 3 aromatic rings. The number of sulfonamides is 1. The molecule has 2 heterocycles. The minimum Gasteiger partial charge on any atom is -0.497 e. The normalized spacial score (nSPS) is 17.2. The standard InChI is InChI=1S/C31H41F2N5O6S2/c1-18-23(36-22-12-13-37(27(22)30(2,3)4)29(39)44-31(5,6)7)15-21(32)26(25(18)33)46(40,41)38(28-34-17-35-45-28)16-19-10-11-20(42-8)14-24(19)43-9/h10-11,14-15,17,22,27,36H,12-13,16H2,1-9H3. The molecule has 1 aliphatic heterocycles. The highest BCUT2D eigenvalue weighted by molar-refractivity contribution is 7.93. The highest BCUT2D eigenvalue weighted by atomic mass is 32.2. The summed E-state index contributed by atoms with van der Waals surface area (Å²) in [4.78, 5) is 17.6. The second kappa shape index (κ2) is 13.2. The lowest BCUT2D eigenvalue weighted by atomic mass is 9.82. The number of nitrogens with zero attached hydrogens (tertiary/aromatic N) is 4. The number of carbonyl (C=O) groups is 1. The number of amides is 1. The van der Waals surface area contributed by atoms with Crippen LogP contribution in [0.15, 0.2) is 35.5 Å². The second-order valence-electron chi connectivity index (χ2n) is 13.1. The lowest BCUT2D eigenvalue weighted by Crippen LogP contribution is -2.51. The molecule has 1 N–H and O–H groups in total. The number of hydrogen-bond donors (Lipinski definition) is 1. The summed E-state index contributed by atoms with van der Waals surface area (Å²) in [6.07, 6.45) is 1.17. The molecule has 0 aliphatic carbocycles. The van der Waals surface area contributed by atoms with Crippen LogP contribution in [0.3, 0.4) is 0 Å². The summed E-state index contributed by atoms with van der Waals surface area (Å²) < 4.78 is 81.2. The molecular weight excluding hydrogens is 641 g/mol. The van der Waals surface area contributed by atoms with Crippen LogP contribution in [-0.2, 0) is 21.3 Å². The van der Waals surface area contributed by atoms with E-state index in [9.17, 15) is 13.2 Å². The smallest absolute Gasteiger partial charge is 0.410 e. The van der Waals surface area contributed by atoms with Crippen LogP contribution in [0.1, 0.15) is 59.1 Å². The molecule has 11 nitrogen and oxygen atoms in total. The van der Waals surface area contributed by atoms with Gasteiger partial charge in [0.1, 0.15) is 29.2 Å². The van der Waals surface area contributed by atoms with Gasteiger partial charge in [-0.05, 0) is 57.7 Å². The van der Waals surface area contributed by atoms with Crippen LogP contribution in [-0.4, -0.2) is 67.2 Å². The number of carbonyl (C=O) groups excluding carboxylic acids is 1. The highest BCUT2D eigenvalue weighted by Gasteiger charge is 2.46. The first kappa shape index (κ1) is 35.1. The highest BCUT2D eigenvalue weighted by Crippen LogP contribution is 2.39. The summed E-state index contributed by atoms with van der Waals surface area (Å²) in [5.74, 6) is -1.73. The number of nitrogens with one attached hydrogen (secondary N) is 1.